The van der Waals surface area contributed by atoms with Gasteiger partial charge in [0, 0.05) is 46.2 Å². The molecule has 1 saturated heterocycles. The Morgan fingerprint density at radius 2 is 2.07 bits per heavy atom. The van der Waals surface area contributed by atoms with E-state index in [1.165, 1.54) is 4.90 Å². The predicted octanol–water partition coefficient (Wildman–Crippen LogP) is 0.260. The molecule has 0 saturated carbocycles. The van der Waals surface area contributed by atoms with Gasteiger partial charge < -0.3 is 20.0 Å². The number of nitrogens with one attached hydrogen (secondary N) is 2. The summed E-state index contributed by atoms with van der Waals surface area (Å²) in [6.07, 6.45) is 3.72. The first kappa shape index (κ1) is 22.2. The van der Waals surface area contributed by atoms with E-state index in [9.17, 15) is 13.2 Å². The van der Waals surface area contributed by atoms with Crippen LogP contribution in [0.1, 0.15) is 25.5 Å². The summed E-state index contributed by atoms with van der Waals surface area (Å²) in [6, 6.07) is 3.86. The highest BCUT2D eigenvalue weighted by Gasteiger charge is 2.27. The van der Waals surface area contributed by atoms with Crippen LogP contribution in [0.3, 0.4) is 0 Å². The summed E-state index contributed by atoms with van der Waals surface area (Å²) in [5.74, 6) is 1.46. The monoisotopic (exact) mass is 413 g/mol. The molecule has 0 atom stereocenters. The maximum Gasteiger partial charge on any atom is 0.243 e. The smallest absolute Gasteiger partial charge is 0.243 e. The average molecular weight is 414 g/mol. The molecule has 10 heteroatoms. The van der Waals surface area contributed by atoms with Crippen LogP contribution in [0.15, 0.2) is 27.8 Å². The molecule has 0 bridgehead atoms. The minimum Gasteiger partial charge on any atom is -0.469 e. The molecule has 0 aromatic carbocycles. The second-order valence-corrected chi connectivity index (χ2v) is 9.18. The molecule has 9 nitrogen and oxygen atoms in total. The van der Waals surface area contributed by atoms with Crippen molar-refractivity contribution in [3.05, 3.63) is 24.2 Å². The molecule has 2 rings (SSSR count). The molecular formula is C18H31N5O4S. The van der Waals surface area contributed by atoms with Crippen molar-refractivity contribution in [1.82, 2.24) is 19.8 Å². The summed E-state index contributed by atoms with van der Waals surface area (Å²) in [4.78, 5) is 17.7. The standard InChI is InChI=1S/C18H31N5O4S/c1-4-28(25,26)23-11-8-15(9-12-23)21-18(20-14-17(24)22(2)3)19-10-7-16-6-5-13-27-16/h5-6,13,15H,4,7-12,14H2,1-3H3,(H2,19,20,21). The van der Waals surface area contributed by atoms with Crippen LogP contribution in [0, 0.1) is 0 Å². The Bertz CT molecular complexity index is 738. The normalized spacial score (nSPS) is 16.8. The van der Waals surface area contributed by atoms with Gasteiger partial charge in [-0.05, 0) is 31.9 Å². The third-order valence-electron chi connectivity index (χ3n) is 4.67. The molecule has 28 heavy (non-hydrogen) atoms. The van der Waals surface area contributed by atoms with E-state index in [4.69, 9.17) is 4.42 Å². The fraction of sp³-hybridized carbons (Fsp3) is 0.667. The number of amides is 1. The zero-order chi connectivity index (χ0) is 20.6. The third-order valence-corrected chi connectivity index (χ3v) is 6.55. The summed E-state index contributed by atoms with van der Waals surface area (Å²) in [6.45, 7) is 3.30. The molecule has 1 aromatic rings. The van der Waals surface area contributed by atoms with Gasteiger partial charge in [-0.1, -0.05) is 0 Å². The first-order valence-corrected chi connectivity index (χ1v) is 11.2. The highest BCUT2D eigenvalue weighted by Crippen LogP contribution is 2.14. The number of sulfonamides is 1. The highest BCUT2D eigenvalue weighted by molar-refractivity contribution is 7.89. The lowest BCUT2D eigenvalue weighted by atomic mass is 10.1. The molecule has 0 unspecified atom stereocenters. The van der Waals surface area contributed by atoms with Crippen molar-refractivity contribution in [3.8, 4) is 0 Å². The lowest BCUT2D eigenvalue weighted by Crippen LogP contribution is -2.50. The Balaban J connectivity index is 1.91. The number of aliphatic imine (C=N–C) groups is 1. The number of guanidine groups is 1. The van der Waals surface area contributed by atoms with Gasteiger partial charge in [-0.2, -0.15) is 0 Å². The van der Waals surface area contributed by atoms with Crippen molar-refractivity contribution >= 4 is 21.9 Å². The van der Waals surface area contributed by atoms with E-state index in [1.54, 1.807) is 31.6 Å². The molecule has 0 radical (unpaired) electrons. The third kappa shape index (κ3) is 6.83. The summed E-state index contributed by atoms with van der Waals surface area (Å²) >= 11 is 0. The van der Waals surface area contributed by atoms with Crippen LogP contribution in [0.4, 0.5) is 0 Å². The molecule has 1 aromatic heterocycles. The zero-order valence-electron chi connectivity index (χ0n) is 16.8. The van der Waals surface area contributed by atoms with Crippen molar-refractivity contribution in [2.45, 2.75) is 32.2 Å². The Kier molecular flexibility index (Phi) is 8.31. The van der Waals surface area contributed by atoms with Crippen LogP contribution >= 0.6 is 0 Å². The lowest BCUT2D eigenvalue weighted by Gasteiger charge is -2.32. The molecule has 1 aliphatic heterocycles. The van der Waals surface area contributed by atoms with Gasteiger partial charge in [0.1, 0.15) is 12.3 Å². The van der Waals surface area contributed by atoms with Crippen molar-refractivity contribution in [2.75, 3.05) is 46.0 Å². The summed E-state index contributed by atoms with van der Waals surface area (Å²) < 4.78 is 30.9. The SMILES string of the molecule is CCS(=O)(=O)N1CCC(NC(=NCC(=O)N(C)C)NCCc2ccco2)CC1. The maximum atomic E-state index is 12.0. The van der Waals surface area contributed by atoms with Gasteiger partial charge >= 0.3 is 0 Å². The van der Waals surface area contributed by atoms with Gasteiger partial charge in [0.25, 0.3) is 0 Å². The number of carbonyl (C=O) groups is 1. The molecule has 0 spiro atoms. The number of nitrogens with zero attached hydrogens (tertiary/aromatic N) is 3. The highest BCUT2D eigenvalue weighted by atomic mass is 32.2. The summed E-state index contributed by atoms with van der Waals surface area (Å²) in [5, 5.41) is 6.56. The minimum atomic E-state index is -3.14. The predicted molar refractivity (Wildman–Crippen MR) is 109 cm³/mol. The van der Waals surface area contributed by atoms with Gasteiger partial charge in [-0.25, -0.2) is 17.7 Å². The van der Waals surface area contributed by atoms with E-state index in [1.807, 2.05) is 12.1 Å². The number of hydrogen-bond donors (Lipinski definition) is 2. The Morgan fingerprint density at radius 1 is 1.36 bits per heavy atom. The first-order chi connectivity index (χ1) is 13.3. The summed E-state index contributed by atoms with van der Waals surface area (Å²) in [7, 11) is 0.243. The number of carbonyl (C=O) groups excluding carboxylic acids is 1. The van der Waals surface area contributed by atoms with E-state index < -0.39 is 10.0 Å². The van der Waals surface area contributed by atoms with E-state index in [0.717, 1.165) is 5.76 Å². The Hall–Kier alpha value is -2.07. The average Bonchev–Trinajstić information content (AvgIpc) is 3.19. The summed E-state index contributed by atoms with van der Waals surface area (Å²) in [5.41, 5.74) is 0. The molecule has 1 aliphatic rings. The molecular weight excluding hydrogens is 382 g/mol. The van der Waals surface area contributed by atoms with Crippen molar-refractivity contribution in [1.29, 1.82) is 0 Å². The van der Waals surface area contributed by atoms with Gasteiger partial charge in [-0.15, -0.1) is 0 Å². The molecule has 1 amide bonds. The first-order valence-electron chi connectivity index (χ1n) is 9.57. The van der Waals surface area contributed by atoms with Crippen LogP contribution in [-0.4, -0.2) is 81.6 Å². The second-order valence-electron chi connectivity index (χ2n) is 6.93. The van der Waals surface area contributed by atoms with Crippen molar-refractivity contribution < 1.29 is 17.6 Å². The number of furan rings is 1. The largest absolute Gasteiger partial charge is 0.469 e. The molecule has 2 heterocycles. The van der Waals surface area contributed by atoms with Crippen molar-refractivity contribution in [2.24, 2.45) is 4.99 Å². The molecule has 2 N–H and O–H groups in total. The Labute approximate surface area is 167 Å². The minimum absolute atomic E-state index is 0.0478. The second kappa shape index (κ2) is 10.5. The van der Waals surface area contributed by atoms with Gasteiger partial charge in [0.15, 0.2) is 5.96 Å². The molecule has 1 fully saturated rings. The number of piperidine rings is 1. The van der Waals surface area contributed by atoms with Crippen LogP contribution < -0.4 is 10.6 Å². The topological polar surface area (TPSA) is 107 Å². The van der Waals surface area contributed by atoms with Crippen LogP contribution in [0.25, 0.3) is 0 Å². The fourth-order valence-electron chi connectivity index (χ4n) is 2.85. The van der Waals surface area contributed by atoms with E-state index in [-0.39, 0.29) is 24.2 Å². The zero-order valence-corrected chi connectivity index (χ0v) is 17.7. The Morgan fingerprint density at radius 3 is 2.64 bits per heavy atom. The van der Waals surface area contributed by atoms with E-state index >= 15 is 0 Å². The van der Waals surface area contributed by atoms with Crippen LogP contribution in [0.5, 0.6) is 0 Å². The van der Waals surface area contributed by atoms with E-state index in [0.29, 0.717) is 44.9 Å². The lowest BCUT2D eigenvalue weighted by molar-refractivity contribution is -0.127. The maximum absolute atomic E-state index is 12.0. The van der Waals surface area contributed by atoms with Crippen LogP contribution in [0.2, 0.25) is 0 Å². The van der Waals surface area contributed by atoms with Gasteiger partial charge in [-0.3, -0.25) is 4.79 Å². The van der Waals surface area contributed by atoms with Crippen LogP contribution in [-0.2, 0) is 21.2 Å². The van der Waals surface area contributed by atoms with Gasteiger partial charge in [0.2, 0.25) is 15.9 Å². The molecule has 0 aliphatic carbocycles. The molecule has 158 valence electrons. The number of rotatable bonds is 8. The number of hydrogen-bond acceptors (Lipinski definition) is 5. The van der Waals surface area contributed by atoms with E-state index in [2.05, 4.69) is 15.6 Å². The fourth-order valence-corrected chi connectivity index (χ4v) is 3.99. The number of likely N-dealkylation sites (N-methyl/N-ethyl adjacent to an activating group) is 1. The quantitative estimate of drug-likeness (QED) is 0.468. The van der Waals surface area contributed by atoms with Gasteiger partial charge in [0.05, 0.1) is 12.0 Å². The van der Waals surface area contributed by atoms with Crippen molar-refractivity contribution in [3.63, 3.8) is 0 Å².